The number of fused-ring (bicyclic) bond motifs is 1. The number of carbonyl (C=O) groups is 4. The second-order valence-electron chi connectivity index (χ2n) is 7.42. The fraction of sp³-hybridized carbons (Fsp3) is 0.250. The van der Waals surface area contributed by atoms with E-state index in [1.807, 2.05) is 6.07 Å². The number of carbonyl (C=O) groups excluding carboxylic acids is 4. The number of amides is 2. The summed E-state index contributed by atoms with van der Waals surface area (Å²) in [6.07, 6.45) is -0.952. The lowest BCUT2D eigenvalue weighted by atomic mass is 9.95. The fourth-order valence-electron chi connectivity index (χ4n) is 3.78. The molecule has 0 aliphatic carbocycles. The summed E-state index contributed by atoms with van der Waals surface area (Å²) in [5, 5.41) is 5.23. The molecule has 2 aliphatic heterocycles. The van der Waals surface area contributed by atoms with E-state index in [9.17, 15) is 19.2 Å². The lowest BCUT2D eigenvalue weighted by Crippen LogP contribution is -2.47. The number of cyclic esters (lactones) is 1. The molecule has 0 saturated heterocycles. The van der Waals surface area contributed by atoms with Gasteiger partial charge in [-0.25, -0.2) is 19.2 Å². The molecule has 2 unspecified atom stereocenters. The lowest BCUT2D eigenvalue weighted by Gasteiger charge is -2.29. The molecule has 9 nitrogen and oxygen atoms in total. The molecule has 2 N–H and O–H groups in total. The Bertz CT molecular complexity index is 1130. The standard InChI is InChI=1S/C24H22N2O7/c1-2-31-23(29)19-17(25-24(30)26-20(19)14-8-4-3-5-9-14)13-32-22(28)18-12-15-10-6-7-11-16(15)21(27)33-18/h3-11,18,20H,2,12-13H2,1H3,(H2,25,26,30). The zero-order valence-corrected chi connectivity index (χ0v) is 17.8. The molecule has 2 amide bonds. The summed E-state index contributed by atoms with van der Waals surface area (Å²) in [4.78, 5) is 49.9. The van der Waals surface area contributed by atoms with Gasteiger partial charge in [0, 0.05) is 6.42 Å². The molecular formula is C24H22N2O7. The van der Waals surface area contributed by atoms with Gasteiger partial charge in [-0.2, -0.15) is 0 Å². The van der Waals surface area contributed by atoms with Crippen LogP contribution in [0.25, 0.3) is 0 Å². The first-order chi connectivity index (χ1) is 16.0. The molecule has 0 fully saturated rings. The van der Waals surface area contributed by atoms with E-state index in [0.29, 0.717) is 16.7 Å². The Hall–Kier alpha value is -4.14. The van der Waals surface area contributed by atoms with E-state index < -0.39 is 42.7 Å². The third-order valence-corrected chi connectivity index (χ3v) is 5.30. The third kappa shape index (κ3) is 4.72. The van der Waals surface area contributed by atoms with Crippen molar-refractivity contribution < 1.29 is 33.4 Å². The van der Waals surface area contributed by atoms with Crippen molar-refractivity contribution in [2.75, 3.05) is 13.2 Å². The van der Waals surface area contributed by atoms with Crippen LogP contribution in [-0.4, -0.2) is 43.3 Å². The summed E-state index contributed by atoms with van der Waals surface area (Å²) >= 11 is 0. The molecule has 2 aromatic carbocycles. The van der Waals surface area contributed by atoms with Crippen molar-refractivity contribution in [1.29, 1.82) is 0 Å². The molecule has 2 aliphatic rings. The molecule has 4 rings (SSSR count). The van der Waals surface area contributed by atoms with Crippen molar-refractivity contribution in [1.82, 2.24) is 10.6 Å². The number of nitrogens with one attached hydrogen (secondary N) is 2. The maximum absolute atomic E-state index is 12.7. The molecule has 33 heavy (non-hydrogen) atoms. The van der Waals surface area contributed by atoms with E-state index in [1.54, 1.807) is 55.5 Å². The largest absolute Gasteiger partial charge is 0.463 e. The fourth-order valence-corrected chi connectivity index (χ4v) is 3.78. The summed E-state index contributed by atoms with van der Waals surface area (Å²) in [6.45, 7) is 1.39. The minimum absolute atomic E-state index is 0.0990. The average molecular weight is 450 g/mol. The van der Waals surface area contributed by atoms with Crippen LogP contribution in [0, 0.1) is 0 Å². The number of rotatable bonds is 6. The van der Waals surface area contributed by atoms with Crippen LogP contribution in [0.1, 0.15) is 34.5 Å². The van der Waals surface area contributed by atoms with Crippen molar-refractivity contribution in [3.05, 3.63) is 82.6 Å². The van der Waals surface area contributed by atoms with Crippen molar-refractivity contribution in [3.8, 4) is 0 Å². The maximum atomic E-state index is 12.7. The molecule has 0 bridgehead atoms. The van der Waals surface area contributed by atoms with E-state index in [4.69, 9.17) is 14.2 Å². The SMILES string of the molecule is CCOC(=O)C1=C(COC(=O)C2Cc3ccccc3C(=O)O2)NC(=O)NC1c1ccccc1. The number of hydrogen-bond acceptors (Lipinski definition) is 7. The Morgan fingerprint density at radius 1 is 1.03 bits per heavy atom. The first-order valence-corrected chi connectivity index (χ1v) is 10.5. The van der Waals surface area contributed by atoms with Crippen molar-refractivity contribution >= 4 is 23.9 Å². The molecular weight excluding hydrogens is 428 g/mol. The van der Waals surface area contributed by atoms with Gasteiger partial charge in [0.1, 0.15) is 6.61 Å². The Morgan fingerprint density at radius 2 is 1.76 bits per heavy atom. The van der Waals surface area contributed by atoms with Gasteiger partial charge < -0.3 is 24.8 Å². The Balaban J connectivity index is 1.56. The summed E-state index contributed by atoms with van der Waals surface area (Å²) in [6, 6.07) is 14.4. The van der Waals surface area contributed by atoms with Gasteiger partial charge in [0.2, 0.25) is 6.10 Å². The van der Waals surface area contributed by atoms with Crippen LogP contribution < -0.4 is 10.6 Å². The van der Waals surface area contributed by atoms with Crippen LogP contribution in [0.2, 0.25) is 0 Å². The highest BCUT2D eigenvalue weighted by Gasteiger charge is 2.36. The molecule has 2 aromatic rings. The van der Waals surface area contributed by atoms with Crippen LogP contribution in [0.3, 0.4) is 0 Å². The number of ether oxygens (including phenoxy) is 3. The van der Waals surface area contributed by atoms with Gasteiger partial charge in [-0.3, -0.25) is 0 Å². The van der Waals surface area contributed by atoms with Crippen molar-refractivity contribution in [2.24, 2.45) is 0 Å². The number of benzene rings is 2. The normalized spacial score (nSPS) is 19.5. The van der Waals surface area contributed by atoms with Crippen molar-refractivity contribution in [3.63, 3.8) is 0 Å². The minimum atomic E-state index is -1.12. The average Bonchev–Trinajstić information content (AvgIpc) is 2.82. The summed E-state index contributed by atoms with van der Waals surface area (Å²) in [7, 11) is 0. The molecule has 2 heterocycles. The van der Waals surface area contributed by atoms with Crippen molar-refractivity contribution in [2.45, 2.75) is 25.5 Å². The van der Waals surface area contributed by atoms with Gasteiger partial charge in [-0.15, -0.1) is 0 Å². The highest BCUT2D eigenvalue weighted by Crippen LogP contribution is 2.28. The van der Waals surface area contributed by atoms with Crippen LogP contribution in [-0.2, 0) is 30.2 Å². The highest BCUT2D eigenvalue weighted by atomic mass is 16.6. The zero-order valence-electron chi connectivity index (χ0n) is 17.8. The molecule has 9 heteroatoms. The second-order valence-corrected chi connectivity index (χ2v) is 7.42. The molecule has 0 saturated carbocycles. The molecule has 170 valence electrons. The summed E-state index contributed by atoms with van der Waals surface area (Å²) < 4.78 is 15.7. The predicted molar refractivity (Wildman–Crippen MR) is 115 cm³/mol. The first-order valence-electron chi connectivity index (χ1n) is 10.5. The van der Waals surface area contributed by atoms with E-state index in [2.05, 4.69) is 10.6 Å². The maximum Gasteiger partial charge on any atom is 0.348 e. The monoisotopic (exact) mass is 450 g/mol. The molecule has 0 spiro atoms. The lowest BCUT2D eigenvalue weighted by molar-refractivity contribution is -0.153. The van der Waals surface area contributed by atoms with Crippen LogP contribution in [0.4, 0.5) is 4.79 Å². The minimum Gasteiger partial charge on any atom is -0.463 e. The van der Waals surface area contributed by atoms with E-state index in [0.717, 1.165) is 0 Å². The van der Waals surface area contributed by atoms with Gasteiger partial charge in [-0.1, -0.05) is 48.5 Å². The van der Waals surface area contributed by atoms with E-state index in [1.165, 1.54) is 0 Å². The quantitative estimate of drug-likeness (QED) is 0.511. The number of urea groups is 1. The smallest absolute Gasteiger partial charge is 0.348 e. The van der Waals surface area contributed by atoms with Gasteiger partial charge in [0.25, 0.3) is 0 Å². The van der Waals surface area contributed by atoms with Gasteiger partial charge in [-0.05, 0) is 24.1 Å². The van der Waals surface area contributed by atoms with Gasteiger partial charge in [0.15, 0.2) is 0 Å². The second kappa shape index (κ2) is 9.56. The highest BCUT2D eigenvalue weighted by molar-refractivity contribution is 5.96. The third-order valence-electron chi connectivity index (χ3n) is 5.30. The predicted octanol–water partition coefficient (Wildman–Crippen LogP) is 2.18. The van der Waals surface area contributed by atoms with Crippen LogP contribution in [0.5, 0.6) is 0 Å². The van der Waals surface area contributed by atoms with Crippen LogP contribution >= 0.6 is 0 Å². The Kier molecular flexibility index (Phi) is 6.39. The zero-order chi connectivity index (χ0) is 23.4. The molecule has 0 radical (unpaired) electrons. The topological polar surface area (TPSA) is 120 Å². The molecule has 0 aromatic heterocycles. The summed E-state index contributed by atoms with van der Waals surface area (Å²) in [5.41, 5.74) is 1.98. The number of esters is 3. The first kappa shape index (κ1) is 22.1. The Labute approximate surface area is 189 Å². The summed E-state index contributed by atoms with van der Waals surface area (Å²) in [5.74, 6) is -2.04. The number of hydrogen-bond donors (Lipinski definition) is 2. The van der Waals surface area contributed by atoms with E-state index >= 15 is 0 Å². The molecule has 2 atom stereocenters. The Morgan fingerprint density at radius 3 is 2.52 bits per heavy atom. The van der Waals surface area contributed by atoms with Crippen LogP contribution in [0.15, 0.2) is 65.9 Å². The van der Waals surface area contributed by atoms with Gasteiger partial charge in [0.05, 0.1) is 29.5 Å². The van der Waals surface area contributed by atoms with E-state index in [-0.39, 0.29) is 24.3 Å². The van der Waals surface area contributed by atoms with Gasteiger partial charge >= 0.3 is 23.9 Å².